The van der Waals surface area contributed by atoms with Crippen LogP contribution in [0.2, 0.25) is 0 Å². The van der Waals surface area contributed by atoms with Gasteiger partial charge in [-0.05, 0) is 13.3 Å². The summed E-state index contributed by atoms with van der Waals surface area (Å²) in [5, 5.41) is 0. The Balaban J connectivity index is 4.59. The van der Waals surface area contributed by atoms with E-state index in [1.54, 1.807) is 6.92 Å². The van der Waals surface area contributed by atoms with Crippen LogP contribution >= 0.6 is 15.9 Å². The molecule has 0 aliphatic rings. The van der Waals surface area contributed by atoms with Crippen LogP contribution in [0.3, 0.4) is 0 Å². The van der Waals surface area contributed by atoms with E-state index in [0.717, 1.165) is 0 Å². The van der Waals surface area contributed by atoms with Crippen LogP contribution in [0, 0.1) is 6.57 Å². The molecule has 0 saturated heterocycles. The third-order valence-electron chi connectivity index (χ3n) is 1.15. The topological polar surface area (TPSA) is 30.7 Å². The van der Waals surface area contributed by atoms with Gasteiger partial charge in [0.15, 0.2) is 0 Å². The Bertz CT molecular complexity index is 240. The fourth-order valence-electron chi connectivity index (χ4n) is 0.584. The van der Waals surface area contributed by atoms with Crippen molar-refractivity contribution in [2.24, 2.45) is 0 Å². The van der Waals surface area contributed by atoms with Crippen LogP contribution in [0.25, 0.3) is 4.85 Å². The van der Waals surface area contributed by atoms with E-state index in [1.165, 1.54) is 0 Å². The second-order valence-electron chi connectivity index (χ2n) is 1.94. The summed E-state index contributed by atoms with van der Waals surface area (Å²) >= 11 is 3.14. The molecule has 0 fully saturated rings. The molecule has 0 aromatic heterocycles. The van der Waals surface area contributed by atoms with E-state index in [1.807, 2.05) is 6.92 Å². The van der Waals surface area contributed by atoms with Crippen molar-refractivity contribution >= 4 is 21.9 Å². The van der Waals surface area contributed by atoms with Crippen molar-refractivity contribution in [3.63, 3.8) is 0 Å². The molecular formula is C8H10BrNO2. The molecule has 0 bridgehead atoms. The Morgan fingerprint density at radius 2 is 2.17 bits per heavy atom. The zero-order valence-electron chi connectivity index (χ0n) is 7.06. The third kappa shape index (κ3) is 3.05. The average molecular weight is 232 g/mol. The molecule has 66 valence electrons. The van der Waals surface area contributed by atoms with Gasteiger partial charge in [-0.3, -0.25) is 4.79 Å². The van der Waals surface area contributed by atoms with Gasteiger partial charge in [0.05, 0.1) is 13.2 Å². The van der Waals surface area contributed by atoms with E-state index in [-0.39, 0.29) is 5.70 Å². The Labute approximate surface area is 80.3 Å². The lowest BCUT2D eigenvalue weighted by atomic mass is 10.3. The molecule has 0 spiro atoms. The van der Waals surface area contributed by atoms with E-state index in [9.17, 15) is 4.79 Å². The Morgan fingerprint density at radius 3 is 2.50 bits per heavy atom. The van der Waals surface area contributed by atoms with Gasteiger partial charge in [-0.2, -0.15) is 0 Å². The molecule has 0 aliphatic carbocycles. The van der Waals surface area contributed by atoms with Gasteiger partial charge in [0.25, 0.3) is 5.70 Å². The summed E-state index contributed by atoms with van der Waals surface area (Å²) in [6.45, 7) is 10.6. The first-order valence-electron chi connectivity index (χ1n) is 3.60. The average Bonchev–Trinajstić information content (AvgIpc) is 2.06. The SMILES string of the molecule is [C-]#[N+]/C(C(=O)OCC)=C(/Br)CC. The molecule has 0 radical (unpaired) electrons. The highest BCUT2D eigenvalue weighted by molar-refractivity contribution is 9.11. The number of hydrogen-bond acceptors (Lipinski definition) is 2. The van der Waals surface area contributed by atoms with Gasteiger partial charge < -0.3 is 4.74 Å². The standard InChI is InChI=1S/C8H10BrNO2/c1-4-6(9)7(10-3)8(11)12-5-2/h4-5H2,1-2H3/b7-6+. The van der Waals surface area contributed by atoms with Crippen LogP contribution in [0.15, 0.2) is 10.2 Å². The summed E-state index contributed by atoms with van der Waals surface area (Å²) in [5.74, 6) is -0.554. The first-order valence-corrected chi connectivity index (χ1v) is 4.39. The summed E-state index contributed by atoms with van der Waals surface area (Å²) in [6, 6.07) is 0. The number of allylic oxidation sites excluding steroid dienone is 1. The van der Waals surface area contributed by atoms with Crippen molar-refractivity contribution in [3.05, 3.63) is 21.6 Å². The van der Waals surface area contributed by atoms with E-state index >= 15 is 0 Å². The van der Waals surface area contributed by atoms with Crippen LogP contribution < -0.4 is 0 Å². The lowest BCUT2D eigenvalue weighted by Gasteiger charge is -2.00. The molecule has 0 aromatic carbocycles. The van der Waals surface area contributed by atoms with E-state index < -0.39 is 5.97 Å². The zero-order valence-corrected chi connectivity index (χ0v) is 8.64. The van der Waals surface area contributed by atoms with Gasteiger partial charge in [-0.25, -0.2) is 4.85 Å². The molecule has 0 rings (SSSR count). The predicted octanol–water partition coefficient (Wildman–Crippen LogP) is 2.49. The minimum Gasteiger partial charge on any atom is -0.471 e. The highest BCUT2D eigenvalue weighted by atomic mass is 79.9. The molecule has 0 heterocycles. The number of rotatable bonds is 3. The third-order valence-corrected chi connectivity index (χ3v) is 2.08. The first kappa shape index (κ1) is 11.2. The van der Waals surface area contributed by atoms with Crippen molar-refractivity contribution < 1.29 is 9.53 Å². The van der Waals surface area contributed by atoms with Crippen LogP contribution in [0.4, 0.5) is 0 Å². The Morgan fingerprint density at radius 1 is 1.58 bits per heavy atom. The molecule has 3 nitrogen and oxygen atoms in total. The highest BCUT2D eigenvalue weighted by Crippen LogP contribution is 2.17. The molecular weight excluding hydrogens is 222 g/mol. The maximum Gasteiger partial charge on any atom is 0.337 e. The number of carbonyl (C=O) groups is 1. The highest BCUT2D eigenvalue weighted by Gasteiger charge is 2.13. The lowest BCUT2D eigenvalue weighted by Crippen LogP contribution is -2.06. The molecule has 0 atom stereocenters. The minimum atomic E-state index is -0.554. The number of hydrogen-bond donors (Lipinski definition) is 0. The van der Waals surface area contributed by atoms with Gasteiger partial charge >= 0.3 is 5.97 Å². The molecule has 0 saturated carbocycles. The zero-order chi connectivity index (χ0) is 9.56. The second kappa shape index (κ2) is 5.78. The number of nitrogens with zero attached hydrogens (tertiary/aromatic N) is 1. The molecule has 0 N–H and O–H groups in total. The summed E-state index contributed by atoms with van der Waals surface area (Å²) in [6.07, 6.45) is 0.622. The number of esters is 1. The summed E-state index contributed by atoms with van der Waals surface area (Å²) in [7, 11) is 0. The molecule has 0 aliphatic heterocycles. The summed E-state index contributed by atoms with van der Waals surface area (Å²) in [4.78, 5) is 14.1. The van der Waals surface area contributed by atoms with Crippen molar-refractivity contribution in [1.82, 2.24) is 0 Å². The van der Waals surface area contributed by atoms with Crippen LogP contribution in [-0.2, 0) is 9.53 Å². The van der Waals surface area contributed by atoms with Gasteiger partial charge in [-0.15, -0.1) is 0 Å². The van der Waals surface area contributed by atoms with Crippen LogP contribution in [0.5, 0.6) is 0 Å². The molecule has 0 amide bonds. The Hall–Kier alpha value is -0.820. The molecule has 0 aromatic rings. The number of halogens is 1. The summed E-state index contributed by atoms with van der Waals surface area (Å²) in [5.41, 5.74) is 0.0411. The molecule has 4 heteroatoms. The maximum absolute atomic E-state index is 11.1. The molecule has 0 unspecified atom stereocenters. The van der Waals surface area contributed by atoms with Gasteiger partial charge in [0.2, 0.25) is 0 Å². The van der Waals surface area contributed by atoms with Gasteiger partial charge in [0, 0.05) is 4.48 Å². The normalized spacial score (nSPS) is 11.5. The maximum atomic E-state index is 11.1. The monoisotopic (exact) mass is 231 g/mol. The fraction of sp³-hybridized carbons (Fsp3) is 0.500. The van der Waals surface area contributed by atoms with Crippen molar-refractivity contribution in [2.75, 3.05) is 6.61 Å². The van der Waals surface area contributed by atoms with E-state index in [2.05, 4.69) is 25.5 Å². The largest absolute Gasteiger partial charge is 0.471 e. The Kier molecular flexibility index (Phi) is 5.39. The smallest absolute Gasteiger partial charge is 0.337 e. The van der Waals surface area contributed by atoms with Crippen molar-refractivity contribution in [2.45, 2.75) is 20.3 Å². The number of carbonyl (C=O) groups excluding carboxylic acids is 1. The summed E-state index contributed by atoms with van der Waals surface area (Å²) < 4.78 is 5.27. The second-order valence-corrected chi connectivity index (χ2v) is 2.90. The molecule has 12 heavy (non-hydrogen) atoms. The van der Waals surface area contributed by atoms with Crippen LogP contribution in [-0.4, -0.2) is 12.6 Å². The number of ether oxygens (including phenoxy) is 1. The van der Waals surface area contributed by atoms with E-state index in [0.29, 0.717) is 17.5 Å². The quantitative estimate of drug-likeness (QED) is 0.425. The van der Waals surface area contributed by atoms with Gasteiger partial charge in [-0.1, -0.05) is 22.9 Å². The van der Waals surface area contributed by atoms with Gasteiger partial charge in [0.1, 0.15) is 0 Å². The van der Waals surface area contributed by atoms with E-state index in [4.69, 9.17) is 6.57 Å². The lowest BCUT2D eigenvalue weighted by molar-refractivity contribution is -0.138. The minimum absolute atomic E-state index is 0.0411. The predicted molar refractivity (Wildman–Crippen MR) is 49.5 cm³/mol. The van der Waals surface area contributed by atoms with Crippen LogP contribution in [0.1, 0.15) is 20.3 Å². The van der Waals surface area contributed by atoms with Crippen molar-refractivity contribution in [3.8, 4) is 0 Å². The first-order chi connectivity index (χ1) is 5.67. The van der Waals surface area contributed by atoms with Crippen molar-refractivity contribution in [1.29, 1.82) is 0 Å². The fourth-order valence-corrected chi connectivity index (χ4v) is 0.834.